The van der Waals surface area contributed by atoms with Gasteiger partial charge in [-0.2, -0.15) is 0 Å². The lowest BCUT2D eigenvalue weighted by Gasteiger charge is -2.14. The summed E-state index contributed by atoms with van der Waals surface area (Å²) in [4.78, 5) is 1.75. The standard InChI is InChI=1S/C5H8Cl3N/c1-3-9(2)5(8)4(6)7/h3H2,1-2H3. The lowest BCUT2D eigenvalue weighted by Crippen LogP contribution is -2.13. The second-order valence-corrected chi connectivity index (χ2v) is 2.87. The topological polar surface area (TPSA) is 3.24 Å². The number of hydrogen-bond acceptors (Lipinski definition) is 1. The Labute approximate surface area is 70.2 Å². The first kappa shape index (κ1) is 9.41. The summed E-state index contributed by atoms with van der Waals surface area (Å²) < 4.78 is 0.112. The predicted octanol–water partition coefficient (Wildman–Crippen LogP) is 2.78. The number of rotatable bonds is 2. The van der Waals surface area contributed by atoms with Crippen LogP contribution < -0.4 is 0 Å². The Balaban J connectivity index is 4.02. The van der Waals surface area contributed by atoms with Crippen molar-refractivity contribution in [2.45, 2.75) is 6.92 Å². The molecule has 1 nitrogen and oxygen atoms in total. The summed E-state index contributed by atoms with van der Waals surface area (Å²) in [5.74, 6) is 0. The first-order valence-corrected chi connectivity index (χ1v) is 3.64. The van der Waals surface area contributed by atoms with E-state index in [4.69, 9.17) is 34.8 Å². The summed E-state index contributed by atoms with van der Waals surface area (Å²) in [6.45, 7) is 2.75. The zero-order chi connectivity index (χ0) is 7.44. The van der Waals surface area contributed by atoms with Crippen molar-refractivity contribution in [2.24, 2.45) is 0 Å². The molecular formula is C5H8Cl3N. The van der Waals surface area contributed by atoms with Crippen molar-refractivity contribution in [1.82, 2.24) is 4.90 Å². The van der Waals surface area contributed by atoms with Gasteiger partial charge < -0.3 is 4.90 Å². The zero-order valence-corrected chi connectivity index (χ0v) is 7.56. The third-order valence-corrected chi connectivity index (χ3v) is 1.99. The van der Waals surface area contributed by atoms with Crippen molar-refractivity contribution < 1.29 is 0 Å². The molecule has 0 amide bonds. The molecule has 4 heteroatoms. The van der Waals surface area contributed by atoms with Crippen molar-refractivity contribution in [3.05, 3.63) is 9.65 Å². The van der Waals surface area contributed by atoms with Crippen LogP contribution in [0.15, 0.2) is 9.65 Å². The van der Waals surface area contributed by atoms with Crippen molar-refractivity contribution in [3.63, 3.8) is 0 Å². The lowest BCUT2D eigenvalue weighted by molar-refractivity contribution is 0.470. The zero-order valence-electron chi connectivity index (χ0n) is 5.29. The van der Waals surface area contributed by atoms with Crippen LogP contribution >= 0.6 is 34.8 Å². The molecule has 0 aliphatic carbocycles. The second-order valence-electron chi connectivity index (χ2n) is 1.57. The first-order chi connectivity index (χ1) is 4.09. The van der Waals surface area contributed by atoms with Crippen LogP contribution in [-0.4, -0.2) is 18.5 Å². The van der Waals surface area contributed by atoms with Crippen LogP contribution in [0, 0.1) is 0 Å². The minimum atomic E-state index is 0.112. The highest BCUT2D eigenvalue weighted by molar-refractivity contribution is 6.59. The van der Waals surface area contributed by atoms with Crippen LogP contribution in [0.25, 0.3) is 0 Å². The van der Waals surface area contributed by atoms with Crippen molar-refractivity contribution in [1.29, 1.82) is 0 Å². The summed E-state index contributed by atoms with van der Waals surface area (Å²) in [5.41, 5.74) is 0. The number of halogens is 3. The summed E-state index contributed by atoms with van der Waals surface area (Å²) in [5, 5.41) is 0.390. The van der Waals surface area contributed by atoms with Gasteiger partial charge >= 0.3 is 0 Å². The Morgan fingerprint density at radius 2 is 1.78 bits per heavy atom. The van der Waals surface area contributed by atoms with Crippen molar-refractivity contribution >= 4 is 34.8 Å². The van der Waals surface area contributed by atoms with E-state index in [1.807, 2.05) is 14.0 Å². The van der Waals surface area contributed by atoms with Crippen LogP contribution in [0.5, 0.6) is 0 Å². The van der Waals surface area contributed by atoms with Gasteiger partial charge in [0, 0.05) is 13.6 Å². The van der Waals surface area contributed by atoms with E-state index in [1.165, 1.54) is 0 Å². The van der Waals surface area contributed by atoms with Gasteiger partial charge in [-0.25, -0.2) is 0 Å². The molecule has 0 rings (SSSR count). The van der Waals surface area contributed by atoms with E-state index in [9.17, 15) is 0 Å². The van der Waals surface area contributed by atoms with Crippen LogP contribution in [-0.2, 0) is 0 Å². The Hall–Kier alpha value is 0.410. The van der Waals surface area contributed by atoms with Crippen LogP contribution in [0.3, 0.4) is 0 Å². The molecule has 0 fully saturated rings. The molecule has 0 saturated heterocycles. The third-order valence-electron chi connectivity index (χ3n) is 0.965. The van der Waals surface area contributed by atoms with Gasteiger partial charge in [-0.05, 0) is 6.92 Å². The highest BCUT2D eigenvalue weighted by Gasteiger charge is 2.01. The molecule has 0 bridgehead atoms. The first-order valence-electron chi connectivity index (χ1n) is 2.51. The molecule has 0 radical (unpaired) electrons. The van der Waals surface area contributed by atoms with E-state index in [1.54, 1.807) is 4.90 Å². The van der Waals surface area contributed by atoms with Gasteiger partial charge in [-0.3, -0.25) is 0 Å². The predicted molar refractivity (Wildman–Crippen MR) is 42.9 cm³/mol. The number of hydrogen-bond donors (Lipinski definition) is 0. The van der Waals surface area contributed by atoms with Gasteiger partial charge in [0.05, 0.1) is 0 Å². The maximum absolute atomic E-state index is 5.61. The maximum atomic E-state index is 5.61. The molecule has 0 aliphatic heterocycles. The smallest absolute Gasteiger partial charge is 0.141 e. The molecule has 54 valence electrons. The maximum Gasteiger partial charge on any atom is 0.141 e. The molecule has 0 aromatic rings. The van der Waals surface area contributed by atoms with Gasteiger partial charge in [-0.15, -0.1) is 0 Å². The molecule has 9 heavy (non-hydrogen) atoms. The molecule has 0 saturated carbocycles. The average Bonchev–Trinajstić information content (AvgIpc) is 1.84. The highest BCUT2D eigenvalue weighted by atomic mass is 35.5. The van der Waals surface area contributed by atoms with Gasteiger partial charge in [0.15, 0.2) is 0 Å². The fraction of sp³-hybridized carbons (Fsp3) is 0.600. The van der Waals surface area contributed by atoms with Crippen molar-refractivity contribution in [2.75, 3.05) is 13.6 Å². The van der Waals surface area contributed by atoms with Gasteiger partial charge in [0.1, 0.15) is 9.65 Å². The Bertz CT molecular complexity index is 117. The third kappa shape index (κ3) is 3.19. The summed E-state index contributed by atoms with van der Waals surface area (Å²) in [6, 6.07) is 0. The molecule has 0 aliphatic rings. The second kappa shape index (κ2) is 4.26. The van der Waals surface area contributed by atoms with Crippen molar-refractivity contribution in [3.8, 4) is 0 Å². The fourth-order valence-electron chi connectivity index (χ4n) is 0.283. The van der Waals surface area contributed by atoms with E-state index in [0.717, 1.165) is 6.54 Å². The van der Waals surface area contributed by atoms with Gasteiger partial charge in [-0.1, -0.05) is 34.8 Å². The molecule has 0 aromatic carbocycles. The molecule has 0 aromatic heterocycles. The van der Waals surface area contributed by atoms with Gasteiger partial charge in [0.2, 0.25) is 0 Å². The molecule has 0 unspecified atom stereocenters. The van der Waals surface area contributed by atoms with E-state index in [-0.39, 0.29) is 4.49 Å². The normalized spacial score (nSPS) is 9.00. The highest BCUT2D eigenvalue weighted by Crippen LogP contribution is 2.19. The molecule has 0 spiro atoms. The Morgan fingerprint density at radius 1 is 1.33 bits per heavy atom. The minimum absolute atomic E-state index is 0.112. The lowest BCUT2D eigenvalue weighted by atomic mass is 10.6. The summed E-state index contributed by atoms with van der Waals surface area (Å²) in [7, 11) is 1.81. The van der Waals surface area contributed by atoms with Crippen LogP contribution in [0.2, 0.25) is 0 Å². The Kier molecular flexibility index (Phi) is 4.46. The fourth-order valence-corrected chi connectivity index (χ4v) is 0.691. The molecule has 0 heterocycles. The Morgan fingerprint density at radius 3 is 1.89 bits per heavy atom. The average molecular weight is 188 g/mol. The molecule has 0 atom stereocenters. The molecule has 0 N–H and O–H groups in total. The quantitative estimate of drug-likeness (QED) is 0.603. The monoisotopic (exact) mass is 187 g/mol. The van der Waals surface area contributed by atoms with E-state index >= 15 is 0 Å². The van der Waals surface area contributed by atoms with Crippen LogP contribution in [0.1, 0.15) is 6.92 Å². The van der Waals surface area contributed by atoms with E-state index in [0.29, 0.717) is 5.16 Å². The number of nitrogens with zero attached hydrogens (tertiary/aromatic N) is 1. The minimum Gasteiger partial charge on any atom is -0.364 e. The largest absolute Gasteiger partial charge is 0.364 e. The van der Waals surface area contributed by atoms with E-state index in [2.05, 4.69) is 0 Å². The van der Waals surface area contributed by atoms with E-state index < -0.39 is 0 Å². The SMILES string of the molecule is CCN(C)C(Cl)=C(Cl)Cl. The summed E-state index contributed by atoms with van der Waals surface area (Å²) in [6.07, 6.45) is 0. The molecular weight excluding hydrogens is 180 g/mol. The summed E-state index contributed by atoms with van der Waals surface area (Å²) >= 11 is 16.4. The van der Waals surface area contributed by atoms with Gasteiger partial charge in [0.25, 0.3) is 0 Å². The van der Waals surface area contributed by atoms with Crippen LogP contribution in [0.4, 0.5) is 0 Å².